The van der Waals surface area contributed by atoms with E-state index >= 15 is 0 Å². The van der Waals surface area contributed by atoms with E-state index in [-0.39, 0.29) is 26.2 Å². The van der Waals surface area contributed by atoms with Crippen LogP contribution >= 0.6 is 0 Å². The monoisotopic (exact) mass is 236 g/mol. The van der Waals surface area contributed by atoms with Crippen LogP contribution in [0.3, 0.4) is 0 Å². The van der Waals surface area contributed by atoms with Crippen LogP contribution in [-0.2, 0) is 26.2 Å². The molecule has 1 rings (SSSR count). The third kappa shape index (κ3) is 3.49. The molecule has 0 aliphatic heterocycles. The van der Waals surface area contributed by atoms with E-state index in [4.69, 9.17) is 0 Å². The molecule has 0 saturated heterocycles. The second-order valence-corrected chi connectivity index (χ2v) is 2.98. The molecule has 0 N–H and O–H groups in total. The first kappa shape index (κ1) is 11.8. The molecule has 0 radical (unpaired) electrons. The topological polar surface area (TPSA) is 0 Å². The molecule has 1 heteroatoms. The number of allylic oxidation sites excluding steroid dienone is 7. The molecule has 1 aliphatic carbocycles. The second kappa shape index (κ2) is 5.48. The third-order valence-electron chi connectivity index (χ3n) is 1.89. The van der Waals surface area contributed by atoms with Crippen molar-refractivity contribution in [3.8, 4) is 0 Å². The molecule has 0 amide bonds. The van der Waals surface area contributed by atoms with E-state index in [0.29, 0.717) is 5.92 Å². The number of hydrogen-bond acceptors (Lipinski definition) is 0. The summed E-state index contributed by atoms with van der Waals surface area (Å²) in [5, 5.41) is 0. The fourth-order valence-corrected chi connectivity index (χ4v) is 0.991. The minimum absolute atomic E-state index is 0. The summed E-state index contributed by atoms with van der Waals surface area (Å²) in [6, 6.07) is 0. The molecule has 0 unspecified atom stereocenters. The molecule has 0 aromatic rings. The van der Waals surface area contributed by atoms with E-state index in [9.17, 15) is 0 Å². The van der Waals surface area contributed by atoms with Crippen molar-refractivity contribution in [2.75, 3.05) is 0 Å². The second-order valence-electron chi connectivity index (χ2n) is 2.98. The zero-order valence-electron chi connectivity index (χ0n) is 7.67. The Hall–Kier alpha value is -0.157. The van der Waals surface area contributed by atoms with Gasteiger partial charge in [0.2, 0.25) is 0 Å². The van der Waals surface area contributed by atoms with Crippen molar-refractivity contribution in [3.05, 3.63) is 48.1 Å². The SMILES string of the molecule is C=C(C)C(C)=CC1C=CC=C1.[Zr]. The predicted molar refractivity (Wildman–Crippen MR) is 50.3 cm³/mol. The molecule has 0 bridgehead atoms. The molecule has 0 atom stereocenters. The Balaban J connectivity index is 0.00000121. The zero-order valence-corrected chi connectivity index (χ0v) is 10.1. The predicted octanol–water partition coefficient (Wildman–Crippen LogP) is 3.25. The maximum absolute atomic E-state index is 3.88. The summed E-state index contributed by atoms with van der Waals surface area (Å²) in [5.74, 6) is 0.492. The van der Waals surface area contributed by atoms with Crippen molar-refractivity contribution < 1.29 is 26.2 Å². The van der Waals surface area contributed by atoms with Crippen LogP contribution < -0.4 is 0 Å². The van der Waals surface area contributed by atoms with Crippen LogP contribution in [0, 0.1) is 5.92 Å². The summed E-state index contributed by atoms with van der Waals surface area (Å²) in [6.45, 7) is 8.02. The average Bonchev–Trinajstić information content (AvgIpc) is 2.39. The third-order valence-corrected chi connectivity index (χ3v) is 1.89. The number of hydrogen-bond donors (Lipinski definition) is 0. The van der Waals surface area contributed by atoms with E-state index in [2.05, 4.69) is 43.9 Å². The van der Waals surface area contributed by atoms with Gasteiger partial charge in [0.25, 0.3) is 0 Å². The smallest absolute Gasteiger partial charge is 0.0139 e. The van der Waals surface area contributed by atoms with Gasteiger partial charge in [-0.1, -0.05) is 48.1 Å². The van der Waals surface area contributed by atoms with Gasteiger partial charge in [0.05, 0.1) is 0 Å². The molecule has 0 aromatic heterocycles. The van der Waals surface area contributed by atoms with Crippen molar-refractivity contribution in [3.63, 3.8) is 0 Å². The van der Waals surface area contributed by atoms with Gasteiger partial charge in [0.15, 0.2) is 0 Å². The molecule has 0 spiro atoms. The van der Waals surface area contributed by atoms with Crippen molar-refractivity contribution in [2.24, 2.45) is 5.92 Å². The summed E-state index contributed by atoms with van der Waals surface area (Å²) < 4.78 is 0. The molecule has 0 fully saturated rings. The van der Waals surface area contributed by atoms with Gasteiger partial charge in [0, 0.05) is 32.1 Å². The summed E-state index contributed by atoms with van der Waals surface area (Å²) in [4.78, 5) is 0. The van der Waals surface area contributed by atoms with E-state index in [1.807, 2.05) is 6.92 Å². The molecule has 0 heterocycles. The summed E-state index contributed by atoms with van der Waals surface area (Å²) in [5.41, 5.74) is 2.44. The Morgan fingerprint density at radius 1 is 1.25 bits per heavy atom. The van der Waals surface area contributed by atoms with Gasteiger partial charge in [-0.25, -0.2) is 0 Å². The summed E-state index contributed by atoms with van der Waals surface area (Å²) in [7, 11) is 0. The fraction of sp³-hybridized carbons (Fsp3) is 0.273. The van der Waals surface area contributed by atoms with Gasteiger partial charge in [-0.3, -0.25) is 0 Å². The van der Waals surface area contributed by atoms with Gasteiger partial charge < -0.3 is 0 Å². The largest absolute Gasteiger partial charge is 0.0959 e. The van der Waals surface area contributed by atoms with Crippen LogP contribution in [0.2, 0.25) is 0 Å². The van der Waals surface area contributed by atoms with Crippen molar-refractivity contribution in [2.45, 2.75) is 13.8 Å². The van der Waals surface area contributed by atoms with E-state index < -0.39 is 0 Å². The van der Waals surface area contributed by atoms with Gasteiger partial charge in [-0.05, 0) is 13.8 Å². The van der Waals surface area contributed by atoms with E-state index in [0.717, 1.165) is 5.57 Å². The molecule has 0 aromatic carbocycles. The van der Waals surface area contributed by atoms with Crippen LogP contribution in [-0.4, -0.2) is 0 Å². The first-order valence-electron chi connectivity index (χ1n) is 3.89. The maximum atomic E-state index is 3.88. The molecule has 62 valence electrons. The molecule has 0 nitrogen and oxygen atoms in total. The normalized spacial score (nSPS) is 16.3. The van der Waals surface area contributed by atoms with Gasteiger partial charge in [-0.15, -0.1) is 0 Å². The van der Waals surface area contributed by atoms with Crippen LogP contribution in [0.4, 0.5) is 0 Å². The standard InChI is InChI=1S/C11H14.Zr/c1-9(2)10(3)8-11-6-4-5-7-11;/h4-8,11H,1H2,2-3H3;. The summed E-state index contributed by atoms with van der Waals surface area (Å²) in [6.07, 6.45) is 10.7. The molecule has 1 aliphatic rings. The fourth-order valence-electron chi connectivity index (χ4n) is 0.991. The van der Waals surface area contributed by atoms with Crippen LogP contribution in [0.5, 0.6) is 0 Å². The van der Waals surface area contributed by atoms with Crippen molar-refractivity contribution in [1.29, 1.82) is 0 Å². The molecular formula is C11H14Zr. The summed E-state index contributed by atoms with van der Waals surface area (Å²) >= 11 is 0. The first-order valence-corrected chi connectivity index (χ1v) is 3.89. The van der Waals surface area contributed by atoms with Crippen LogP contribution in [0.15, 0.2) is 48.1 Å². The van der Waals surface area contributed by atoms with Gasteiger partial charge in [-0.2, -0.15) is 0 Å². The molecule has 0 saturated carbocycles. The Kier molecular flexibility index (Phi) is 5.41. The van der Waals surface area contributed by atoms with Crippen molar-refractivity contribution in [1.82, 2.24) is 0 Å². The Morgan fingerprint density at radius 2 is 1.75 bits per heavy atom. The quantitative estimate of drug-likeness (QED) is 0.647. The van der Waals surface area contributed by atoms with E-state index in [1.54, 1.807) is 0 Å². The Morgan fingerprint density at radius 3 is 2.17 bits per heavy atom. The Bertz CT molecular complexity index is 232. The first-order chi connectivity index (χ1) is 5.20. The van der Waals surface area contributed by atoms with Crippen LogP contribution in [0.1, 0.15) is 13.8 Å². The molecule has 12 heavy (non-hydrogen) atoms. The van der Waals surface area contributed by atoms with Crippen molar-refractivity contribution >= 4 is 0 Å². The molecular weight excluding hydrogens is 223 g/mol. The zero-order chi connectivity index (χ0) is 8.27. The minimum Gasteiger partial charge on any atom is -0.0959 e. The Labute approximate surface area is 93.9 Å². The maximum Gasteiger partial charge on any atom is 0.0139 e. The van der Waals surface area contributed by atoms with Gasteiger partial charge in [0.1, 0.15) is 0 Å². The number of rotatable bonds is 2. The van der Waals surface area contributed by atoms with E-state index in [1.165, 1.54) is 5.57 Å². The van der Waals surface area contributed by atoms with Gasteiger partial charge >= 0.3 is 0 Å². The average molecular weight is 237 g/mol. The minimum atomic E-state index is 0. The van der Waals surface area contributed by atoms with Crippen LogP contribution in [0.25, 0.3) is 0 Å².